The van der Waals surface area contributed by atoms with Crippen LogP contribution < -0.4 is 4.74 Å². The van der Waals surface area contributed by atoms with Crippen LogP contribution in [0.1, 0.15) is 11.9 Å². The SMILES string of the molecule is COc1ccc(-c2nnc(SCC(C)=O)c3nc(C)sc23)cc1. The van der Waals surface area contributed by atoms with Crippen molar-refractivity contribution in [3.05, 3.63) is 29.3 Å². The van der Waals surface area contributed by atoms with Crippen LogP contribution >= 0.6 is 23.1 Å². The van der Waals surface area contributed by atoms with Crippen molar-refractivity contribution in [3.8, 4) is 17.0 Å². The first-order valence-electron chi connectivity index (χ1n) is 6.99. The highest BCUT2D eigenvalue weighted by molar-refractivity contribution is 8.00. The Balaban J connectivity index is 2.07. The van der Waals surface area contributed by atoms with E-state index in [0.717, 1.165) is 32.2 Å². The third kappa shape index (κ3) is 3.35. The molecule has 0 saturated heterocycles. The summed E-state index contributed by atoms with van der Waals surface area (Å²) in [4.78, 5) is 15.8. The van der Waals surface area contributed by atoms with Gasteiger partial charge in [0.1, 0.15) is 27.8 Å². The zero-order valence-corrected chi connectivity index (χ0v) is 14.6. The molecule has 0 aliphatic carbocycles. The van der Waals surface area contributed by atoms with Crippen molar-refractivity contribution in [1.82, 2.24) is 15.2 Å². The summed E-state index contributed by atoms with van der Waals surface area (Å²) in [5.41, 5.74) is 2.59. The minimum absolute atomic E-state index is 0.108. The third-order valence-electron chi connectivity index (χ3n) is 3.17. The molecule has 23 heavy (non-hydrogen) atoms. The number of hydrogen-bond donors (Lipinski definition) is 0. The van der Waals surface area contributed by atoms with Crippen LogP contribution in [0.2, 0.25) is 0 Å². The Labute approximate surface area is 142 Å². The van der Waals surface area contributed by atoms with Crippen LogP contribution in [0.4, 0.5) is 0 Å². The predicted octanol–water partition coefficient (Wildman–Crippen LogP) is 3.75. The largest absolute Gasteiger partial charge is 0.497 e. The molecule has 0 bridgehead atoms. The number of aromatic nitrogens is 3. The fourth-order valence-corrected chi connectivity index (χ4v) is 3.84. The maximum Gasteiger partial charge on any atom is 0.146 e. The van der Waals surface area contributed by atoms with Crippen LogP contribution in [0.25, 0.3) is 21.5 Å². The molecule has 0 aliphatic rings. The van der Waals surface area contributed by atoms with Crippen molar-refractivity contribution < 1.29 is 9.53 Å². The van der Waals surface area contributed by atoms with Crippen molar-refractivity contribution in [2.24, 2.45) is 0 Å². The van der Waals surface area contributed by atoms with Gasteiger partial charge < -0.3 is 4.74 Å². The van der Waals surface area contributed by atoms with Gasteiger partial charge in [0.25, 0.3) is 0 Å². The van der Waals surface area contributed by atoms with Gasteiger partial charge in [-0.1, -0.05) is 11.8 Å². The van der Waals surface area contributed by atoms with E-state index in [4.69, 9.17) is 4.74 Å². The standard InChI is InChI=1S/C16H15N3O2S2/c1-9(20)8-22-16-14-15(23-10(2)17-14)13(18-19-16)11-4-6-12(21-3)7-5-11/h4-7H,8H2,1-3H3. The summed E-state index contributed by atoms with van der Waals surface area (Å²) in [6.07, 6.45) is 0. The lowest BCUT2D eigenvalue weighted by atomic mass is 10.1. The number of aryl methyl sites for hydroxylation is 1. The van der Waals surface area contributed by atoms with E-state index in [1.54, 1.807) is 25.4 Å². The molecule has 0 aliphatic heterocycles. The number of carbonyl (C=O) groups excluding carboxylic acids is 1. The van der Waals surface area contributed by atoms with E-state index in [1.165, 1.54) is 11.8 Å². The molecule has 118 valence electrons. The average Bonchev–Trinajstić information content (AvgIpc) is 2.94. The molecule has 5 nitrogen and oxygen atoms in total. The number of rotatable bonds is 5. The molecule has 0 N–H and O–H groups in total. The number of nitrogens with zero attached hydrogens (tertiary/aromatic N) is 3. The number of hydrogen-bond acceptors (Lipinski definition) is 7. The summed E-state index contributed by atoms with van der Waals surface area (Å²) in [7, 11) is 1.64. The van der Waals surface area contributed by atoms with Crippen molar-refractivity contribution in [2.45, 2.75) is 18.9 Å². The van der Waals surface area contributed by atoms with E-state index in [2.05, 4.69) is 15.2 Å². The average molecular weight is 345 g/mol. The second kappa shape index (κ2) is 6.64. The lowest BCUT2D eigenvalue weighted by Crippen LogP contribution is -1.97. The van der Waals surface area contributed by atoms with E-state index in [0.29, 0.717) is 10.8 Å². The number of Topliss-reactive ketones (excluding diaryl/α,β-unsaturated/α-hetero) is 1. The molecule has 0 spiro atoms. The van der Waals surface area contributed by atoms with Gasteiger partial charge in [-0.2, -0.15) is 0 Å². The topological polar surface area (TPSA) is 65.0 Å². The molecule has 0 saturated carbocycles. The molecule has 0 radical (unpaired) electrons. The Morgan fingerprint density at radius 1 is 1.26 bits per heavy atom. The molecule has 2 heterocycles. The highest BCUT2D eigenvalue weighted by Crippen LogP contribution is 2.35. The van der Waals surface area contributed by atoms with Gasteiger partial charge in [0.2, 0.25) is 0 Å². The third-order valence-corrected chi connectivity index (χ3v) is 5.24. The van der Waals surface area contributed by atoms with Gasteiger partial charge in [0.15, 0.2) is 0 Å². The molecule has 0 atom stereocenters. The van der Waals surface area contributed by atoms with Gasteiger partial charge in [-0.15, -0.1) is 21.5 Å². The summed E-state index contributed by atoms with van der Waals surface area (Å²) in [5.74, 6) is 1.28. The van der Waals surface area contributed by atoms with Crippen LogP contribution in [-0.4, -0.2) is 33.8 Å². The number of ketones is 1. The second-order valence-corrected chi connectivity index (χ2v) is 7.15. The molecular formula is C16H15N3O2S2. The summed E-state index contributed by atoms with van der Waals surface area (Å²) in [5, 5.41) is 10.3. The number of ether oxygens (including phenoxy) is 1. The normalized spacial score (nSPS) is 10.9. The van der Waals surface area contributed by atoms with Gasteiger partial charge in [-0.25, -0.2) is 4.98 Å². The Hall–Kier alpha value is -1.99. The Bertz CT molecular complexity index is 860. The molecule has 3 aromatic rings. The Morgan fingerprint density at radius 3 is 2.65 bits per heavy atom. The second-order valence-electron chi connectivity index (χ2n) is 4.98. The van der Waals surface area contributed by atoms with Gasteiger partial charge in [0.05, 0.1) is 22.6 Å². The molecule has 0 unspecified atom stereocenters. The summed E-state index contributed by atoms with van der Waals surface area (Å²) in [6, 6.07) is 7.71. The molecular weight excluding hydrogens is 330 g/mol. The first-order chi connectivity index (χ1) is 11.1. The lowest BCUT2D eigenvalue weighted by molar-refractivity contribution is -0.114. The van der Waals surface area contributed by atoms with E-state index in [-0.39, 0.29) is 5.78 Å². The monoisotopic (exact) mass is 345 g/mol. The van der Waals surface area contributed by atoms with Crippen LogP contribution in [0.15, 0.2) is 29.3 Å². The Kier molecular flexibility index (Phi) is 4.58. The van der Waals surface area contributed by atoms with Crippen molar-refractivity contribution in [3.63, 3.8) is 0 Å². The first kappa shape index (κ1) is 15.9. The van der Waals surface area contributed by atoms with Gasteiger partial charge >= 0.3 is 0 Å². The smallest absolute Gasteiger partial charge is 0.146 e. The van der Waals surface area contributed by atoms with E-state index in [1.807, 2.05) is 31.2 Å². The maximum absolute atomic E-state index is 11.2. The molecule has 2 aromatic heterocycles. The lowest BCUT2D eigenvalue weighted by Gasteiger charge is -2.05. The van der Waals surface area contributed by atoms with Crippen molar-refractivity contribution in [1.29, 1.82) is 0 Å². The molecule has 0 amide bonds. The van der Waals surface area contributed by atoms with Gasteiger partial charge in [0, 0.05) is 5.56 Å². The number of methoxy groups -OCH3 is 1. The van der Waals surface area contributed by atoms with E-state index in [9.17, 15) is 4.79 Å². The number of fused-ring (bicyclic) bond motifs is 1. The zero-order chi connectivity index (χ0) is 16.4. The van der Waals surface area contributed by atoms with Crippen LogP contribution in [0.5, 0.6) is 5.75 Å². The quantitative estimate of drug-likeness (QED) is 0.656. The Morgan fingerprint density at radius 2 is 2.00 bits per heavy atom. The van der Waals surface area contributed by atoms with E-state index < -0.39 is 0 Å². The van der Waals surface area contributed by atoms with Gasteiger partial charge in [-0.05, 0) is 38.1 Å². The number of carbonyl (C=O) groups is 1. The van der Waals surface area contributed by atoms with Crippen molar-refractivity contribution >= 4 is 39.1 Å². The molecule has 0 fully saturated rings. The fourth-order valence-electron chi connectivity index (χ4n) is 2.13. The van der Waals surface area contributed by atoms with Crippen LogP contribution in [0, 0.1) is 6.92 Å². The number of thioether (sulfide) groups is 1. The zero-order valence-electron chi connectivity index (χ0n) is 13.0. The highest BCUT2D eigenvalue weighted by Gasteiger charge is 2.16. The summed E-state index contributed by atoms with van der Waals surface area (Å²) < 4.78 is 6.18. The fraction of sp³-hybridized carbons (Fsp3) is 0.250. The number of thiazole rings is 1. The predicted molar refractivity (Wildman–Crippen MR) is 93.3 cm³/mol. The number of benzene rings is 1. The minimum atomic E-state index is 0.108. The maximum atomic E-state index is 11.2. The molecule has 7 heteroatoms. The molecule has 1 aromatic carbocycles. The summed E-state index contributed by atoms with van der Waals surface area (Å²) in [6.45, 7) is 3.53. The van der Waals surface area contributed by atoms with Crippen LogP contribution in [-0.2, 0) is 4.79 Å². The van der Waals surface area contributed by atoms with Crippen LogP contribution in [0.3, 0.4) is 0 Å². The first-order valence-corrected chi connectivity index (χ1v) is 8.79. The highest BCUT2D eigenvalue weighted by atomic mass is 32.2. The minimum Gasteiger partial charge on any atom is -0.497 e. The summed E-state index contributed by atoms with van der Waals surface area (Å²) >= 11 is 2.97. The molecule has 3 rings (SSSR count). The van der Waals surface area contributed by atoms with E-state index >= 15 is 0 Å². The van der Waals surface area contributed by atoms with Gasteiger partial charge in [-0.3, -0.25) is 4.79 Å². The van der Waals surface area contributed by atoms with Crippen molar-refractivity contribution in [2.75, 3.05) is 12.9 Å².